The number of halogens is 3. The highest BCUT2D eigenvalue weighted by Crippen LogP contribution is 2.33. The number of alkyl halides is 3. The van der Waals surface area contributed by atoms with E-state index in [1.165, 1.54) is 23.5 Å². The maximum absolute atomic E-state index is 13.0. The number of aromatic nitrogens is 5. The second-order valence-corrected chi connectivity index (χ2v) is 8.07. The molecule has 4 aromatic rings. The Hall–Kier alpha value is -2.44. The summed E-state index contributed by atoms with van der Waals surface area (Å²) in [4.78, 5) is 17.4. The normalized spacial score (nSPS) is 11.8. The average molecular weight is 427 g/mol. The van der Waals surface area contributed by atoms with E-state index in [2.05, 4.69) is 19.6 Å². The molecule has 1 N–H and O–H groups in total. The highest BCUT2D eigenvalue weighted by Gasteiger charge is 2.31. The SMILES string of the molecule is O=c1[nH]nc(Sc2nc(-c3cccs3)ns2)n1-c1cccc(C(F)(F)F)c1. The van der Waals surface area contributed by atoms with Gasteiger partial charge in [-0.15, -0.1) is 16.4 Å². The number of aromatic amines is 1. The molecule has 0 aliphatic carbocycles. The van der Waals surface area contributed by atoms with Crippen molar-refractivity contribution in [1.82, 2.24) is 24.1 Å². The highest BCUT2D eigenvalue weighted by molar-refractivity contribution is 8.00. The first-order chi connectivity index (χ1) is 12.9. The van der Waals surface area contributed by atoms with Crippen LogP contribution in [0.25, 0.3) is 16.4 Å². The van der Waals surface area contributed by atoms with Gasteiger partial charge in [0.15, 0.2) is 10.2 Å². The van der Waals surface area contributed by atoms with E-state index in [-0.39, 0.29) is 10.8 Å². The van der Waals surface area contributed by atoms with E-state index in [1.54, 1.807) is 0 Å². The molecule has 0 saturated carbocycles. The molecule has 138 valence electrons. The van der Waals surface area contributed by atoms with E-state index in [0.29, 0.717) is 10.2 Å². The van der Waals surface area contributed by atoms with Gasteiger partial charge in [0.1, 0.15) is 0 Å². The number of hydrogen-bond acceptors (Lipinski definition) is 7. The number of benzene rings is 1. The van der Waals surface area contributed by atoms with Gasteiger partial charge < -0.3 is 0 Å². The van der Waals surface area contributed by atoms with Crippen LogP contribution in [-0.2, 0) is 6.18 Å². The Kier molecular flexibility index (Phi) is 4.61. The third-order valence-electron chi connectivity index (χ3n) is 3.40. The Morgan fingerprint density at radius 3 is 2.78 bits per heavy atom. The Labute approximate surface area is 161 Å². The van der Waals surface area contributed by atoms with Crippen molar-refractivity contribution in [2.45, 2.75) is 15.7 Å². The minimum absolute atomic E-state index is 0.0640. The Bertz CT molecular complexity index is 1130. The van der Waals surface area contributed by atoms with Crippen LogP contribution in [-0.4, -0.2) is 24.1 Å². The molecule has 0 unspecified atom stereocenters. The highest BCUT2D eigenvalue weighted by atomic mass is 32.2. The summed E-state index contributed by atoms with van der Waals surface area (Å²) in [7, 11) is 0. The van der Waals surface area contributed by atoms with Gasteiger partial charge in [0.05, 0.1) is 16.1 Å². The van der Waals surface area contributed by atoms with Gasteiger partial charge in [-0.3, -0.25) is 0 Å². The molecule has 12 heteroatoms. The molecule has 3 heterocycles. The van der Waals surface area contributed by atoms with Crippen molar-refractivity contribution in [2.24, 2.45) is 0 Å². The van der Waals surface area contributed by atoms with Crippen LogP contribution in [0.2, 0.25) is 0 Å². The van der Waals surface area contributed by atoms with Gasteiger partial charge in [-0.05, 0) is 52.9 Å². The van der Waals surface area contributed by atoms with Gasteiger partial charge in [0.2, 0.25) is 5.16 Å². The molecule has 0 saturated heterocycles. The molecule has 0 aliphatic rings. The molecule has 3 aromatic heterocycles. The van der Waals surface area contributed by atoms with E-state index in [9.17, 15) is 18.0 Å². The largest absolute Gasteiger partial charge is 0.416 e. The van der Waals surface area contributed by atoms with Gasteiger partial charge in [-0.2, -0.15) is 17.5 Å². The molecule has 0 radical (unpaired) electrons. The second-order valence-electron chi connectivity index (χ2n) is 5.16. The fourth-order valence-electron chi connectivity index (χ4n) is 2.23. The molecule has 6 nitrogen and oxygen atoms in total. The van der Waals surface area contributed by atoms with Crippen LogP contribution < -0.4 is 5.69 Å². The lowest BCUT2D eigenvalue weighted by Crippen LogP contribution is -2.16. The second kappa shape index (κ2) is 6.94. The number of thiophene rings is 1. The van der Waals surface area contributed by atoms with Crippen molar-refractivity contribution >= 4 is 34.6 Å². The number of H-pyrrole nitrogens is 1. The van der Waals surface area contributed by atoms with Crippen molar-refractivity contribution in [3.05, 3.63) is 57.8 Å². The zero-order chi connectivity index (χ0) is 19.0. The van der Waals surface area contributed by atoms with Crippen molar-refractivity contribution in [1.29, 1.82) is 0 Å². The fraction of sp³-hybridized carbons (Fsp3) is 0.0667. The lowest BCUT2D eigenvalue weighted by Gasteiger charge is -2.09. The summed E-state index contributed by atoms with van der Waals surface area (Å²) in [6.45, 7) is 0. The number of hydrogen-bond donors (Lipinski definition) is 1. The molecule has 0 atom stereocenters. The molecule has 0 aliphatic heterocycles. The third kappa shape index (κ3) is 3.68. The molecule has 0 spiro atoms. The van der Waals surface area contributed by atoms with Crippen molar-refractivity contribution in [2.75, 3.05) is 0 Å². The van der Waals surface area contributed by atoms with E-state index < -0.39 is 17.4 Å². The average Bonchev–Trinajstić information content (AvgIpc) is 3.36. The summed E-state index contributed by atoms with van der Waals surface area (Å²) in [6.07, 6.45) is -4.51. The van der Waals surface area contributed by atoms with E-state index in [4.69, 9.17) is 0 Å². The zero-order valence-corrected chi connectivity index (χ0v) is 15.5. The summed E-state index contributed by atoms with van der Waals surface area (Å²) in [5.74, 6) is 0.556. The molecule has 0 fully saturated rings. The summed E-state index contributed by atoms with van der Waals surface area (Å²) in [6, 6.07) is 8.26. The summed E-state index contributed by atoms with van der Waals surface area (Å²) < 4.78 is 44.7. The smallest absolute Gasteiger partial charge is 0.246 e. The summed E-state index contributed by atoms with van der Waals surface area (Å²) in [5.41, 5.74) is -1.42. The van der Waals surface area contributed by atoms with E-state index >= 15 is 0 Å². The lowest BCUT2D eigenvalue weighted by atomic mass is 10.2. The Balaban J connectivity index is 1.68. The molecule has 27 heavy (non-hydrogen) atoms. The Morgan fingerprint density at radius 1 is 1.19 bits per heavy atom. The van der Waals surface area contributed by atoms with Crippen LogP contribution in [0.1, 0.15) is 5.56 Å². The van der Waals surface area contributed by atoms with Crippen LogP contribution >= 0.6 is 34.6 Å². The van der Waals surface area contributed by atoms with E-state index in [0.717, 1.165) is 44.9 Å². The minimum Gasteiger partial charge on any atom is -0.246 e. The standard InChI is InChI=1S/C15H8F3N5OS3/c16-15(17,18)8-3-1-4-9(7-8)23-12(24)20-21-13(23)26-14-19-11(22-27-14)10-5-2-6-25-10/h1-7H,(H,20,24). The van der Waals surface area contributed by atoms with Crippen LogP contribution in [0.4, 0.5) is 13.2 Å². The van der Waals surface area contributed by atoms with Crippen LogP contribution in [0.3, 0.4) is 0 Å². The molecular formula is C15H8F3N5OS3. The summed E-state index contributed by atoms with van der Waals surface area (Å²) in [5, 5.41) is 8.24. The van der Waals surface area contributed by atoms with E-state index in [1.807, 2.05) is 17.5 Å². The van der Waals surface area contributed by atoms with Crippen LogP contribution in [0.15, 0.2) is 56.1 Å². The number of rotatable bonds is 4. The van der Waals surface area contributed by atoms with Crippen LogP contribution in [0.5, 0.6) is 0 Å². The van der Waals surface area contributed by atoms with Crippen molar-refractivity contribution < 1.29 is 13.2 Å². The quantitative estimate of drug-likeness (QED) is 0.525. The molecule has 0 bridgehead atoms. The van der Waals surface area contributed by atoms with Gasteiger partial charge in [0.25, 0.3) is 0 Å². The maximum atomic E-state index is 13.0. The maximum Gasteiger partial charge on any atom is 0.416 e. The van der Waals surface area contributed by atoms with Gasteiger partial charge in [-0.25, -0.2) is 19.4 Å². The van der Waals surface area contributed by atoms with Gasteiger partial charge in [0, 0.05) is 0 Å². The topological polar surface area (TPSA) is 76.5 Å². The molecule has 0 amide bonds. The zero-order valence-electron chi connectivity index (χ0n) is 13.1. The first-order valence-corrected chi connectivity index (χ1v) is 9.79. The third-order valence-corrected chi connectivity index (χ3v) is 5.97. The number of nitrogens with one attached hydrogen (secondary N) is 1. The molecule has 4 rings (SSSR count). The first-order valence-electron chi connectivity index (χ1n) is 7.32. The first kappa shape index (κ1) is 17.9. The predicted molar refractivity (Wildman–Crippen MR) is 96.5 cm³/mol. The van der Waals surface area contributed by atoms with Crippen molar-refractivity contribution in [3.8, 4) is 16.4 Å². The molecular weight excluding hydrogens is 419 g/mol. The van der Waals surface area contributed by atoms with Crippen molar-refractivity contribution in [3.63, 3.8) is 0 Å². The minimum atomic E-state index is -4.51. The van der Waals surface area contributed by atoms with Gasteiger partial charge in [-0.1, -0.05) is 12.1 Å². The summed E-state index contributed by atoms with van der Waals surface area (Å²) >= 11 is 3.67. The van der Waals surface area contributed by atoms with Gasteiger partial charge >= 0.3 is 11.9 Å². The van der Waals surface area contributed by atoms with Crippen LogP contribution in [0, 0.1) is 0 Å². The molecule has 1 aromatic carbocycles. The predicted octanol–water partition coefficient (Wildman–Crippen LogP) is 4.31. The Morgan fingerprint density at radius 2 is 2.04 bits per heavy atom. The lowest BCUT2D eigenvalue weighted by molar-refractivity contribution is -0.137. The fourth-order valence-corrected chi connectivity index (χ4v) is 4.53. The number of nitrogens with zero attached hydrogens (tertiary/aromatic N) is 4. The monoisotopic (exact) mass is 427 g/mol.